The number of carbonyl (C=O) groups is 1. The van der Waals surface area contributed by atoms with Crippen LogP contribution in [0.25, 0.3) is 0 Å². The molecule has 0 aliphatic rings. The van der Waals surface area contributed by atoms with E-state index in [0.717, 1.165) is 22.9 Å². The second-order valence-corrected chi connectivity index (χ2v) is 5.54. The third-order valence-corrected chi connectivity index (χ3v) is 3.88. The van der Waals surface area contributed by atoms with E-state index in [9.17, 15) is 4.79 Å². The lowest BCUT2D eigenvalue weighted by Crippen LogP contribution is -2.17. The zero-order valence-electron chi connectivity index (χ0n) is 11.3. The van der Waals surface area contributed by atoms with E-state index in [1.165, 1.54) is 4.88 Å². The van der Waals surface area contributed by atoms with E-state index >= 15 is 0 Å². The first-order valence-electron chi connectivity index (χ1n) is 6.09. The van der Waals surface area contributed by atoms with Gasteiger partial charge in [0.1, 0.15) is 0 Å². The van der Waals surface area contributed by atoms with Gasteiger partial charge >= 0.3 is 0 Å². The normalized spacial score (nSPS) is 10.3. The number of anilines is 1. The molecule has 2 aromatic rings. The van der Waals surface area contributed by atoms with Crippen LogP contribution < -0.4 is 10.6 Å². The van der Waals surface area contributed by atoms with Crippen molar-refractivity contribution in [3.8, 4) is 0 Å². The van der Waals surface area contributed by atoms with E-state index in [1.807, 2.05) is 32.0 Å². The molecule has 1 amide bonds. The predicted octanol–water partition coefficient (Wildman–Crippen LogP) is 2.73. The van der Waals surface area contributed by atoms with Crippen molar-refractivity contribution in [1.82, 2.24) is 10.3 Å². The van der Waals surface area contributed by atoms with Crippen LogP contribution >= 0.6 is 11.3 Å². The zero-order chi connectivity index (χ0) is 13.8. The molecule has 1 aromatic heterocycles. The van der Waals surface area contributed by atoms with Crippen molar-refractivity contribution < 1.29 is 4.79 Å². The summed E-state index contributed by atoms with van der Waals surface area (Å²) in [6, 6.07) is 7.47. The molecule has 0 radical (unpaired) electrons. The average molecular weight is 275 g/mol. The van der Waals surface area contributed by atoms with Gasteiger partial charge in [-0.05, 0) is 32.0 Å². The van der Waals surface area contributed by atoms with Crippen molar-refractivity contribution in [2.75, 3.05) is 12.4 Å². The van der Waals surface area contributed by atoms with Crippen molar-refractivity contribution in [2.45, 2.75) is 20.4 Å². The van der Waals surface area contributed by atoms with Gasteiger partial charge in [-0.1, -0.05) is 6.07 Å². The smallest absolute Gasteiger partial charge is 0.251 e. The Labute approximate surface area is 116 Å². The fourth-order valence-electron chi connectivity index (χ4n) is 1.83. The van der Waals surface area contributed by atoms with Crippen LogP contribution in [0.5, 0.6) is 0 Å². The Bertz CT molecular complexity index is 592. The molecule has 0 fully saturated rings. The van der Waals surface area contributed by atoms with Crippen LogP contribution in [-0.4, -0.2) is 17.9 Å². The molecule has 0 aliphatic carbocycles. The third-order valence-electron chi connectivity index (χ3n) is 2.80. The first kappa shape index (κ1) is 13.5. The number of benzene rings is 1. The van der Waals surface area contributed by atoms with Crippen molar-refractivity contribution in [3.63, 3.8) is 0 Å². The summed E-state index contributed by atoms with van der Waals surface area (Å²) in [6.45, 7) is 4.75. The molecule has 0 bridgehead atoms. The predicted molar refractivity (Wildman–Crippen MR) is 78.7 cm³/mol. The van der Waals surface area contributed by atoms with Gasteiger partial charge in [0, 0.05) is 23.2 Å². The van der Waals surface area contributed by atoms with Crippen LogP contribution in [0.4, 0.5) is 5.69 Å². The van der Waals surface area contributed by atoms with Crippen molar-refractivity contribution >= 4 is 22.9 Å². The summed E-state index contributed by atoms with van der Waals surface area (Å²) in [7, 11) is 1.63. The monoisotopic (exact) mass is 275 g/mol. The maximum absolute atomic E-state index is 11.6. The number of amides is 1. The Balaban J connectivity index is 2.07. The molecule has 0 aliphatic heterocycles. The van der Waals surface area contributed by atoms with E-state index in [2.05, 4.69) is 15.6 Å². The summed E-state index contributed by atoms with van der Waals surface area (Å²) in [5, 5.41) is 7.02. The van der Waals surface area contributed by atoms with Crippen LogP contribution in [0.2, 0.25) is 0 Å². The second-order valence-electron chi connectivity index (χ2n) is 4.25. The van der Waals surface area contributed by atoms with Crippen LogP contribution in [0.1, 0.15) is 25.9 Å². The minimum atomic E-state index is -0.0755. The van der Waals surface area contributed by atoms with E-state index in [4.69, 9.17) is 0 Å². The lowest BCUT2D eigenvalue weighted by atomic mass is 10.2. The molecule has 2 N–H and O–H groups in total. The number of aryl methyl sites for hydroxylation is 2. The fourth-order valence-corrected chi connectivity index (χ4v) is 2.71. The fraction of sp³-hybridized carbons (Fsp3) is 0.286. The van der Waals surface area contributed by atoms with E-state index in [-0.39, 0.29) is 5.91 Å². The molecule has 5 heteroatoms. The maximum Gasteiger partial charge on any atom is 0.251 e. The van der Waals surface area contributed by atoms with Crippen LogP contribution in [0.3, 0.4) is 0 Å². The Hall–Kier alpha value is -1.88. The van der Waals surface area contributed by atoms with Gasteiger partial charge < -0.3 is 10.6 Å². The summed E-state index contributed by atoms with van der Waals surface area (Å²) in [5.74, 6) is -0.0755. The van der Waals surface area contributed by atoms with Crippen LogP contribution in [0, 0.1) is 13.8 Å². The largest absolute Gasteiger partial charge is 0.380 e. The molecule has 1 aromatic carbocycles. The molecule has 4 nitrogen and oxygen atoms in total. The Kier molecular flexibility index (Phi) is 4.16. The lowest BCUT2D eigenvalue weighted by Gasteiger charge is -2.07. The topological polar surface area (TPSA) is 54.0 Å². The molecule has 1 heterocycles. The van der Waals surface area contributed by atoms with Crippen molar-refractivity contribution in [3.05, 3.63) is 45.4 Å². The number of rotatable bonds is 4. The first-order chi connectivity index (χ1) is 9.10. The highest BCUT2D eigenvalue weighted by atomic mass is 32.1. The van der Waals surface area contributed by atoms with Crippen LogP contribution in [-0.2, 0) is 6.54 Å². The highest BCUT2D eigenvalue weighted by Crippen LogP contribution is 2.19. The highest BCUT2D eigenvalue weighted by molar-refractivity contribution is 7.11. The van der Waals surface area contributed by atoms with Gasteiger partial charge in [0.15, 0.2) is 0 Å². The summed E-state index contributed by atoms with van der Waals surface area (Å²) in [6.07, 6.45) is 0. The zero-order valence-corrected chi connectivity index (χ0v) is 12.1. The molecule has 2 rings (SSSR count). The summed E-state index contributed by atoms with van der Waals surface area (Å²) in [5.41, 5.74) is 2.66. The Morgan fingerprint density at radius 1 is 1.37 bits per heavy atom. The number of hydrogen-bond acceptors (Lipinski definition) is 4. The summed E-state index contributed by atoms with van der Waals surface area (Å²) in [4.78, 5) is 17.2. The maximum atomic E-state index is 11.6. The first-order valence-corrected chi connectivity index (χ1v) is 6.90. The molecule has 19 heavy (non-hydrogen) atoms. The van der Waals surface area contributed by atoms with Gasteiger partial charge in [-0.3, -0.25) is 4.79 Å². The molecular weight excluding hydrogens is 258 g/mol. The molecule has 0 saturated carbocycles. The van der Waals surface area contributed by atoms with Gasteiger partial charge in [-0.2, -0.15) is 0 Å². The number of hydrogen-bond donors (Lipinski definition) is 2. The van der Waals surface area contributed by atoms with Gasteiger partial charge in [0.25, 0.3) is 5.91 Å². The molecule has 0 unspecified atom stereocenters. The second kappa shape index (κ2) is 5.84. The van der Waals surface area contributed by atoms with Crippen molar-refractivity contribution in [1.29, 1.82) is 0 Å². The number of nitrogens with zero attached hydrogens (tertiary/aromatic N) is 1. The number of aromatic nitrogens is 1. The minimum absolute atomic E-state index is 0.0755. The highest BCUT2D eigenvalue weighted by Gasteiger charge is 2.06. The van der Waals surface area contributed by atoms with Gasteiger partial charge in [0.05, 0.1) is 17.2 Å². The standard InChI is InChI=1S/C14H17N3OS/c1-9-13(19-10(2)17-9)8-16-12-6-4-5-11(7-12)14(18)15-3/h4-7,16H,8H2,1-3H3,(H,15,18). The van der Waals surface area contributed by atoms with Gasteiger partial charge in [-0.15, -0.1) is 11.3 Å². The van der Waals surface area contributed by atoms with Crippen LogP contribution in [0.15, 0.2) is 24.3 Å². The van der Waals surface area contributed by atoms with E-state index in [1.54, 1.807) is 24.5 Å². The lowest BCUT2D eigenvalue weighted by molar-refractivity contribution is 0.0963. The Morgan fingerprint density at radius 3 is 2.79 bits per heavy atom. The summed E-state index contributed by atoms with van der Waals surface area (Å²) >= 11 is 1.70. The average Bonchev–Trinajstić information content (AvgIpc) is 2.74. The number of carbonyl (C=O) groups excluding carboxylic acids is 1. The van der Waals surface area contributed by atoms with E-state index < -0.39 is 0 Å². The molecule has 0 saturated heterocycles. The number of nitrogens with one attached hydrogen (secondary N) is 2. The Morgan fingerprint density at radius 2 is 2.16 bits per heavy atom. The third kappa shape index (κ3) is 3.32. The molecule has 100 valence electrons. The van der Waals surface area contributed by atoms with Gasteiger partial charge in [0.2, 0.25) is 0 Å². The van der Waals surface area contributed by atoms with Crippen molar-refractivity contribution in [2.24, 2.45) is 0 Å². The SMILES string of the molecule is CNC(=O)c1cccc(NCc2sc(C)nc2C)c1. The molecule has 0 atom stereocenters. The van der Waals surface area contributed by atoms with Gasteiger partial charge in [-0.25, -0.2) is 4.98 Å². The molecule has 0 spiro atoms. The van der Waals surface area contributed by atoms with E-state index in [0.29, 0.717) is 5.56 Å². The quantitative estimate of drug-likeness (QED) is 0.902. The minimum Gasteiger partial charge on any atom is -0.380 e. The number of thiazole rings is 1. The summed E-state index contributed by atoms with van der Waals surface area (Å²) < 4.78 is 0. The molecular formula is C14H17N3OS.